The van der Waals surface area contributed by atoms with Crippen molar-refractivity contribution in [3.8, 4) is 16.9 Å². The van der Waals surface area contributed by atoms with Gasteiger partial charge in [-0.1, -0.05) is 54.6 Å². The van der Waals surface area contributed by atoms with Crippen LogP contribution >= 0.6 is 0 Å². The van der Waals surface area contributed by atoms with Crippen LogP contribution in [0.4, 0.5) is 4.39 Å². The summed E-state index contributed by atoms with van der Waals surface area (Å²) in [6.45, 7) is 2.27. The lowest BCUT2D eigenvalue weighted by molar-refractivity contribution is 0.0928. The van der Waals surface area contributed by atoms with Gasteiger partial charge in [0.25, 0.3) is 11.8 Å². The van der Waals surface area contributed by atoms with Gasteiger partial charge in [0, 0.05) is 23.6 Å². The molecule has 1 saturated carbocycles. The van der Waals surface area contributed by atoms with E-state index >= 15 is 0 Å². The molecule has 7 nitrogen and oxygen atoms in total. The number of amides is 2. The highest BCUT2D eigenvalue weighted by Crippen LogP contribution is 2.45. The number of rotatable bonds is 10. The average Bonchev–Trinajstić information content (AvgIpc) is 3.78. The number of nitrogens with one attached hydrogen (secondary N) is 1. The predicted molar refractivity (Wildman–Crippen MR) is 178 cm³/mol. The maximum Gasteiger partial charge on any atom is 0.252 e. The first-order valence-corrected chi connectivity index (χ1v) is 15.4. The number of primary amides is 1. The summed E-state index contributed by atoms with van der Waals surface area (Å²) in [6.07, 6.45) is 3.61. The molecule has 0 unspecified atom stereocenters. The number of benzene rings is 4. The van der Waals surface area contributed by atoms with E-state index in [-0.39, 0.29) is 23.7 Å². The lowest BCUT2D eigenvalue weighted by Gasteiger charge is -2.19. The average molecular weight is 626 g/mol. The summed E-state index contributed by atoms with van der Waals surface area (Å²) < 4.78 is 25.9. The molecule has 1 aliphatic carbocycles. The maximum absolute atomic E-state index is 13.9. The second-order valence-electron chi connectivity index (χ2n) is 12.0. The SMILES string of the molecule is Cc1c(OCc2ccccc2)cc(C(=O)NC2(c3ccccn3)CC2)cc1-c1ccc2oc(Cc3ccc(F)cc3)c(C(N)=O)c2c1. The lowest BCUT2D eigenvalue weighted by atomic mass is 9.94. The van der Waals surface area contributed by atoms with E-state index in [0.29, 0.717) is 34.6 Å². The number of fused-ring (bicyclic) bond motifs is 1. The van der Waals surface area contributed by atoms with E-state index in [9.17, 15) is 14.0 Å². The molecule has 234 valence electrons. The fourth-order valence-electron chi connectivity index (χ4n) is 6.01. The second-order valence-corrected chi connectivity index (χ2v) is 12.0. The van der Waals surface area contributed by atoms with Crippen molar-refractivity contribution in [1.29, 1.82) is 0 Å². The van der Waals surface area contributed by atoms with Crippen LogP contribution in [0.5, 0.6) is 5.75 Å². The summed E-state index contributed by atoms with van der Waals surface area (Å²) in [6, 6.07) is 30.7. The molecule has 0 aliphatic heterocycles. The highest BCUT2D eigenvalue weighted by Gasteiger charge is 2.47. The predicted octanol–water partition coefficient (Wildman–Crippen LogP) is 7.63. The number of hydrogen-bond donors (Lipinski definition) is 2. The quantitative estimate of drug-likeness (QED) is 0.163. The van der Waals surface area contributed by atoms with E-state index in [0.717, 1.165) is 46.4 Å². The van der Waals surface area contributed by atoms with Crippen LogP contribution in [0.1, 0.15) is 61.7 Å². The lowest BCUT2D eigenvalue weighted by Crippen LogP contribution is -2.35. The van der Waals surface area contributed by atoms with E-state index in [1.54, 1.807) is 30.5 Å². The fourth-order valence-corrected chi connectivity index (χ4v) is 6.01. The zero-order valence-electron chi connectivity index (χ0n) is 25.8. The molecule has 0 radical (unpaired) electrons. The van der Waals surface area contributed by atoms with Gasteiger partial charge in [0.05, 0.1) is 16.8 Å². The fraction of sp³-hybridized carbons (Fsp3) is 0.154. The number of carbonyl (C=O) groups is 2. The normalized spacial score (nSPS) is 13.3. The van der Waals surface area contributed by atoms with Gasteiger partial charge in [0.15, 0.2) is 0 Å². The summed E-state index contributed by atoms with van der Waals surface area (Å²) >= 11 is 0. The minimum atomic E-state index is -0.626. The zero-order chi connectivity index (χ0) is 32.5. The third kappa shape index (κ3) is 6.10. The minimum Gasteiger partial charge on any atom is -0.489 e. The Morgan fingerprint density at radius 2 is 1.70 bits per heavy atom. The third-order valence-electron chi connectivity index (χ3n) is 8.71. The number of carbonyl (C=O) groups excluding carboxylic acids is 2. The first kappa shape index (κ1) is 29.9. The molecule has 0 spiro atoms. The Morgan fingerprint density at radius 1 is 0.936 bits per heavy atom. The molecule has 6 aromatic rings. The van der Waals surface area contributed by atoms with Crippen LogP contribution in [-0.2, 0) is 18.6 Å². The zero-order valence-corrected chi connectivity index (χ0v) is 25.8. The van der Waals surface area contributed by atoms with Crippen LogP contribution in [0.25, 0.3) is 22.1 Å². The Kier molecular flexibility index (Phi) is 7.77. The van der Waals surface area contributed by atoms with Gasteiger partial charge in [0.1, 0.15) is 29.5 Å². The van der Waals surface area contributed by atoms with E-state index in [4.69, 9.17) is 14.9 Å². The van der Waals surface area contributed by atoms with E-state index in [1.165, 1.54) is 12.1 Å². The Morgan fingerprint density at radius 3 is 2.40 bits per heavy atom. The summed E-state index contributed by atoms with van der Waals surface area (Å²) in [5, 5.41) is 3.78. The Balaban J connectivity index is 1.28. The summed E-state index contributed by atoms with van der Waals surface area (Å²) in [4.78, 5) is 31.1. The van der Waals surface area contributed by atoms with E-state index < -0.39 is 11.4 Å². The van der Waals surface area contributed by atoms with Gasteiger partial charge in [0.2, 0.25) is 0 Å². The number of nitrogens with zero attached hydrogens (tertiary/aromatic N) is 1. The van der Waals surface area contributed by atoms with Gasteiger partial charge in [-0.3, -0.25) is 14.6 Å². The second kappa shape index (κ2) is 12.2. The van der Waals surface area contributed by atoms with Gasteiger partial charge < -0.3 is 20.2 Å². The van der Waals surface area contributed by atoms with Gasteiger partial charge in [-0.25, -0.2) is 4.39 Å². The molecule has 8 heteroatoms. The van der Waals surface area contributed by atoms with Crippen LogP contribution in [0.3, 0.4) is 0 Å². The number of hydrogen-bond acceptors (Lipinski definition) is 5. The molecule has 7 rings (SSSR count). The summed E-state index contributed by atoms with van der Waals surface area (Å²) in [5.74, 6) is -0.238. The molecular formula is C39H32FN3O4. The monoisotopic (exact) mass is 625 g/mol. The van der Waals surface area contributed by atoms with Crippen LogP contribution < -0.4 is 15.8 Å². The number of ether oxygens (including phenoxy) is 1. The minimum absolute atomic E-state index is 0.234. The standard InChI is InChI=1S/C39H32FN3O4/c1-24-30(27-12-15-32-31(20-27)36(37(41)44)34(47-32)19-25-10-13-29(40)14-11-25)21-28(22-33(24)46-23-26-7-3-2-4-8-26)38(45)43-39(16-17-39)35-9-5-6-18-42-35/h2-15,18,20-22H,16-17,19,23H2,1H3,(H2,41,44)(H,43,45). The van der Waals surface area contributed by atoms with Gasteiger partial charge in [-0.15, -0.1) is 0 Å². The van der Waals surface area contributed by atoms with E-state index in [1.807, 2.05) is 73.7 Å². The van der Waals surface area contributed by atoms with Crippen molar-refractivity contribution < 1.29 is 23.1 Å². The number of nitrogens with two attached hydrogens (primary N) is 1. The van der Waals surface area contributed by atoms with Gasteiger partial charge >= 0.3 is 0 Å². The topological polar surface area (TPSA) is 107 Å². The molecule has 2 aromatic heterocycles. The molecule has 0 bridgehead atoms. The Hall–Kier alpha value is -5.76. The molecule has 2 amide bonds. The van der Waals surface area contributed by atoms with Crippen LogP contribution in [0, 0.1) is 12.7 Å². The van der Waals surface area contributed by atoms with Crippen LogP contribution in [0.2, 0.25) is 0 Å². The molecule has 0 atom stereocenters. The summed E-state index contributed by atoms with van der Waals surface area (Å²) in [7, 11) is 0. The Bertz CT molecular complexity index is 2100. The number of aromatic nitrogens is 1. The van der Waals surface area contributed by atoms with Gasteiger partial charge in [-0.2, -0.15) is 0 Å². The number of pyridine rings is 1. The third-order valence-corrected chi connectivity index (χ3v) is 8.71. The molecule has 2 heterocycles. The molecule has 3 N–H and O–H groups in total. The van der Waals surface area contributed by atoms with Crippen molar-refractivity contribution >= 4 is 22.8 Å². The Labute approximate surface area is 271 Å². The van der Waals surface area contributed by atoms with Crippen LogP contribution in [0.15, 0.2) is 114 Å². The highest BCUT2D eigenvalue weighted by molar-refractivity contribution is 6.07. The molecule has 4 aromatic carbocycles. The number of halogens is 1. The highest BCUT2D eigenvalue weighted by atomic mass is 19.1. The van der Waals surface area contributed by atoms with Crippen LogP contribution in [-0.4, -0.2) is 16.8 Å². The first-order valence-electron chi connectivity index (χ1n) is 15.4. The molecule has 1 aliphatic rings. The first-order chi connectivity index (χ1) is 22.8. The van der Waals surface area contributed by atoms with Crippen molar-refractivity contribution in [2.75, 3.05) is 0 Å². The molecular weight excluding hydrogens is 593 g/mol. The smallest absolute Gasteiger partial charge is 0.252 e. The molecule has 47 heavy (non-hydrogen) atoms. The van der Waals surface area contributed by atoms with Crippen molar-refractivity contribution in [3.63, 3.8) is 0 Å². The number of furan rings is 1. The summed E-state index contributed by atoms with van der Waals surface area (Å²) in [5.41, 5.74) is 11.6. The van der Waals surface area contributed by atoms with Crippen molar-refractivity contribution in [1.82, 2.24) is 10.3 Å². The largest absolute Gasteiger partial charge is 0.489 e. The molecule has 0 saturated heterocycles. The van der Waals surface area contributed by atoms with Crippen molar-refractivity contribution in [2.45, 2.75) is 38.3 Å². The van der Waals surface area contributed by atoms with E-state index in [2.05, 4.69) is 10.3 Å². The van der Waals surface area contributed by atoms with Gasteiger partial charge in [-0.05, 0) is 96.1 Å². The maximum atomic E-state index is 13.9. The van der Waals surface area contributed by atoms with Crippen molar-refractivity contribution in [3.05, 3.63) is 154 Å². The van der Waals surface area contributed by atoms with Crippen molar-refractivity contribution in [2.24, 2.45) is 5.73 Å². The molecule has 1 fully saturated rings.